The van der Waals surface area contributed by atoms with Crippen LogP contribution in [0.1, 0.15) is 18.1 Å². The second-order valence-corrected chi connectivity index (χ2v) is 10.8. The van der Waals surface area contributed by atoms with Crippen molar-refractivity contribution in [2.75, 3.05) is 19.5 Å². The molecule has 0 amide bonds. The molecule has 1 aliphatic rings. The van der Waals surface area contributed by atoms with E-state index in [0.29, 0.717) is 6.42 Å². The molecule has 1 aromatic heterocycles. The number of nitrogens with zero attached hydrogens (tertiary/aromatic N) is 1. The minimum Gasteiger partial charge on any atom is -0.388 e. The maximum Gasteiger partial charge on any atom is 0.332 e. The number of ether oxygens (including phenoxy) is 1. The normalized spacial score (nSPS) is 28.0. The fraction of sp³-hybridized carbons (Fsp3) is 0.533. The van der Waals surface area contributed by atoms with Crippen LogP contribution in [0.2, 0.25) is 0 Å². The van der Waals surface area contributed by atoms with E-state index in [0.717, 1.165) is 10.7 Å². The van der Waals surface area contributed by atoms with Crippen molar-refractivity contribution in [3.63, 3.8) is 0 Å². The first-order valence-electron chi connectivity index (χ1n) is 7.31. The van der Waals surface area contributed by atoms with Gasteiger partial charge in [-0.2, -0.15) is 0 Å². The molecule has 2 rings (SSSR count). The number of nitrogens with one attached hydrogen (secondary N) is 1. The Morgan fingerprint density at radius 3 is 2.61 bits per heavy atom. The lowest BCUT2D eigenvalue weighted by atomic mass is 10.0. The lowest BCUT2D eigenvalue weighted by Gasteiger charge is -2.18. The van der Waals surface area contributed by atoms with Crippen LogP contribution >= 0.6 is 6.89 Å². The Morgan fingerprint density at radius 1 is 1.39 bits per heavy atom. The van der Waals surface area contributed by atoms with Crippen molar-refractivity contribution in [1.29, 1.82) is 0 Å². The van der Waals surface area contributed by atoms with E-state index in [-0.39, 0.29) is 5.56 Å². The SMILES string of the molecule is C=Cn1cc([C@@H]2O[C@H](CCP(=C)(C)C)[C@@H](O)C2O)c(=O)[nH]c1=O. The Kier molecular flexibility index (Phi) is 5.16. The zero-order chi connectivity index (χ0) is 17.4. The zero-order valence-electron chi connectivity index (χ0n) is 13.3. The Hall–Kier alpha value is -1.40. The minimum absolute atomic E-state index is 0.0854. The van der Waals surface area contributed by atoms with Crippen LogP contribution < -0.4 is 11.2 Å². The molecular formula is C15H23N2O5P. The molecule has 3 N–H and O–H groups in total. The molecule has 8 heteroatoms. The van der Waals surface area contributed by atoms with Crippen molar-refractivity contribution in [3.8, 4) is 0 Å². The van der Waals surface area contributed by atoms with Gasteiger partial charge >= 0.3 is 5.69 Å². The molecule has 23 heavy (non-hydrogen) atoms. The van der Waals surface area contributed by atoms with Crippen molar-refractivity contribution >= 4 is 19.4 Å². The first-order valence-corrected chi connectivity index (χ1v) is 10.4. The summed E-state index contributed by atoms with van der Waals surface area (Å²) in [6.07, 6.45) is 4.10. The van der Waals surface area contributed by atoms with E-state index in [2.05, 4.69) is 31.2 Å². The minimum atomic E-state index is -1.28. The van der Waals surface area contributed by atoms with Crippen molar-refractivity contribution in [1.82, 2.24) is 9.55 Å². The van der Waals surface area contributed by atoms with Gasteiger partial charge in [-0.25, -0.2) is 4.79 Å². The molecule has 0 aliphatic carbocycles. The number of aromatic nitrogens is 2. The molecule has 0 aromatic carbocycles. The van der Waals surface area contributed by atoms with Crippen molar-refractivity contribution in [3.05, 3.63) is 39.2 Å². The van der Waals surface area contributed by atoms with Crippen molar-refractivity contribution < 1.29 is 14.9 Å². The molecule has 0 bridgehead atoms. The lowest BCUT2D eigenvalue weighted by Crippen LogP contribution is -2.34. The number of H-pyrrole nitrogens is 1. The summed E-state index contributed by atoms with van der Waals surface area (Å²) >= 11 is 0. The van der Waals surface area contributed by atoms with Crippen molar-refractivity contribution in [2.24, 2.45) is 0 Å². The van der Waals surface area contributed by atoms with E-state index < -0.39 is 42.6 Å². The van der Waals surface area contributed by atoms with Gasteiger partial charge in [0.1, 0.15) is 18.3 Å². The quantitative estimate of drug-likeness (QED) is 0.648. The Morgan fingerprint density at radius 2 is 2.04 bits per heavy atom. The second-order valence-electron chi connectivity index (χ2n) is 6.46. The van der Waals surface area contributed by atoms with E-state index >= 15 is 0 Å². The molecule has 2 heterocycles. The maximum atomic E-state index is 12.0. The lowest BCUT2D eigenvalue weighted by molar-refractivity contribution is 0.00505. The van der Waals surface area contributed by atoms with Gasteiger partial charge in [0, 0.05) is 12.4 Å². The fourth-order valence-electron chi connectivity index (χ4n) is 2.56. The fourth-order valence-corrected chi connectivity index (χ4v) is 3.51. The summed E-state index contributed by atoms with van der Waals surface area (Å²) in [4.78, 5) is 25.7. The molecule has 0 radical (unpaired) electrons. The third kappa shape index (κ3) is 3.93. The van der Waals surface area contributed by atoms with Gasteiger partial charge in [0.15, 0.2) is 0 Å². The van der Waals surface area contributed by atoms with Gasteiger partial charge < -0.3 is 14.9 Å². The number of rotatable bonds is 5. The highest BCUT2D eigenvalue weighted by Gasteiger charge is 2.44. The topological polar surface area (TPSA) is 105 Å². The zero-order valence-corrected chi connectivity index (χ0v) is 14.2. The average Bonchev–Trinajstić information content (AvgIpc) is 2.73. The molecule has 7 nitrogen and oxygen atoms in total. The van der Waals surface area contributed by atoms with Gasteiger partial charge in [0.2, 0.25) is 0 Å². The summed E-state index contributed by atoms with van der Waals surface area (Å²) in [5, 5.41) is 20.4. The van der Waals surface area contributed by atoms with E-state index in [1.807, 2.05) is 0 Å². The first-order chi connectivity index (χ1) is 10.6. The first kappa shape index (κ1) is 17.9. The second kappa shape index (κ2) is 6.61. The summed E-state index contributed by atoms with van der Waals surface area (Å²) in [6.45, 7) is 6.35. The molecule has 128 valence electrons. The molecule has 1 unspecified atom stereocenters. The van der Waals surface area contributed by atoms with Crippen LogP contribution in [-0.2, 0) is 4.74 Å². The van der Waals surface area contributed by atoms with Crippen LogP contribution in [0.15, 0.2) is 22.4 Å². The highest BCUT2D eigenvalue weighted by atomic mass is 31.2. The number of aromatic amines is 1. The van der Waals surface area contributed by atoms with E-state index in [1.165, 1.54) is 12.4 Å². The van der Waals surface area contributed by atoms with E-state index in [1.54, 1.807) is 0 Å². The summed E-state index contributed by atoms with van der Waals surface area (Å²) < 4.78 is 6.80. The van der Waals surface area contributed by atoms with Crippen LogP contribution in [0.5, 0.6) is 0 Å². The maximum absolute atomic E-state index is 12.0. The molecular weight excluding hydrogens is 319 g/mol. The highest BCUT2D eigenvalue weighted by Crippen LogP contribution is 2.40. The smallest absolute Gasteiger partial charge is 0.332 e. The summed E-state index contributed by atoms with van der Waals surface area (Å²) in [6, 6.07) is 0. The van der Waals surface area contributed by atoms with E-state index in [9.17, 15) is 19.8 Å². The molecule has 0 saturated carbocycles. The number of hydrogen-bond acceptors (Lipinski definition) is 5. The Labute approximate surface area is 134 Å². The molecule has 1 fully saturated rings. The summed E-state index contributed by atoms with van der Waals surface area (Å²) in [5.74, 6) is 0. The van der Waals surface area contributed by atoms with Crippen LogP contribution in [0.4, 0.5) is 0 Å². The number of aliphatic hydroxyl groups excluding tert-OH is 2. The monoisotopic (exact) mass is 342 g/mol. The molecule has 0 spiro atoms. The molecule has 1 aromatic rings. The summed E-state index contributed by atoms with van der Waals surface area (Å²) in [5.41, 5.74) is -1.18. The molecule has 1 aliphatic heterocycles. The third-order valence-corrected chi connectivity index (χ3v) is 5.35. The summed E-state index contributed by atoms with van der Waals surface area (Å²) in [7, 11) is 0. The van der Waals surface area contributed by atoms with Gasteiger partial charge in [-0.3, -0.25) is 14.3 Å². The van der Waals surface area contributed by atoms with Gasteiger partial charge in [0.05, 0.1) is 11.7 Å². The predicted molar refractivity (Wildman–Crippen MR) is 92.7 cm³/mol. The van der Waals surface area contributed by atoms with Crippen LogP contribution in [-0.4, -0.2) is 63.9 Å². The predicted octanol–water partition coefficient (Wildman–Crippen LogP) is -0.102. The average molecular weight is 342 g/mol. The number of hydrogen-bond donors (Lipinski definition) is 3. The molecule has 4 atom stereocenters. The Bertz CT molecular complexity index is 747. The van der Waals surface area contributed by atoms with Gasteiger partial charge in [-0.1, -0.05) is 6.58 Å². The Balaban J connectivity index is 2.28. The third-order valence-electron chi connectivity index (χ3n) is 3.88. The molecule has 1 saturated heterocycles. The van der Waals surface area contributed by atoms with Crippen molar-refractivity contribution in [2.45, 2.75) is 30.8 Å². The van der Waals surface area contributed by atoms with Gasteiger partial charge in [-0.15, -0.1) is 13.2 Å². The number of aliphatic hydroxyl groups is 2. The van der Waals surface area contributed by atoms with Crippen LogP contribution in [0, 0.1) is 0 Å². The highest BCUT2D eigenvalue weighted by molar-refractivity contribution is 7.72. The van der Waals surface area contributed by atoms with Crippen LogP contribution in [0.25, 0.3) is 6.20 Å². The van der Waals surface area contributed by atoms with Gasteiger partial charge in [-0.05, 0) is 25.9 Å². The van der Waals surface area contributed by atoms with E-state index in [4.69, 9.17) is 4.74 Å². The van der Waals surface area contributed by atoms with Gasteiger partial charge in [0.25, 0.3) is 5.56 Å². The largest absolute Gasteiger partial charge is 0.388 e. The standard InChI is InChI=1S/C15H23N2O5P/c1-5-17-8-9(14(20)16-15(17)21)13-12(19)11(18)10(22-13)6-7-23(2,3)4/h5,8,10-13,18-19H,1-2,6-7H2,3-4H3,(H,16,20,21)/t10-,11-,12?,13+/m1/s1. The van der Waals surface area contributed by atoms with Crippen LogP contribution in [0.3, 0.4) is 0 Å².